The number of rotatable bonds is 11. The minimum atomic E-state index is -3.09. The first-order valence-corrected chi connectivity index (χ1v) is 16.2. The molecular weight excluding hydrogens is 720 g/mol. The maximum atomic E-state index is 14.8. The second-order valence-corrected chi connectivity index (χ2v) is 14.1. The quantitative estimate of drug-likeness (QED) is 0.140. The van der Waals surface area contributed by atoms with Crippen LogP contribution in [0.4, 0.5) is 31.1 Å². The Hall–Kier alpha value is -5.13. The van der Waals surface area contributed by atoms with Crippen molar-refractivity contribution < 1.29 is 40.7 Å². The number of amides is 2. The van der Waals surface area contributed by atoms with E-state index >= 15 is 0 Å². The number of benzene rings is 2. The van der Waals surface area contributed by atoms with Gasteiger partial charge in [-0.1, -0.05) is 62.7 Å². The van der Waals surface area contributed by atoms with Crippen LogP contribution in [0.3, 0.4) is 0 Å². The van der Waals surface area contributed by atoms with Gasteiger partial charge >= 0.3 is 12.6 Å². The molecule has 0 bridgehead atoms. The third-order valence-electron chi connectivity index (χ3n) is 8.62. The van der Waals surface area contributed by atoms with E-state index in [4.69, 9.17) is 21.7 Å². The molecule has 276 valence electrons. The lowest BCUT2D eigenvalue weighted by molar-refractivity contribution is -0.134. The first-order chi connectivity index (χ1) is 24.4. The van der Waals surface area contributed by atoms with E-state index in [1.165, 1.54) is 30.6 Å². The molecule has 12 nitrogen and oxygen atoms in total. The maximum absolute atomic E-state index is 14.8. The molecule has 1 saturated heterocycles. The van der Waals surface area contributed by atoms with Gasteiger partial charge in [0.05, 0.1) is 22.9 Å². The fourth-order valence-electron chi connectivity index (χ4n) is 6.19. The fraction of sp³-hybridized carbons (Fsp3) is 0.394. The summed E-state index contributed by atoms with van der Waals surface area (Å²) in [5.41, 5.74) is -0.668. The minimum Gasteiger partial charge on any atom is -0.447 e. The zero-order chi connectivity index (χ0) is 37.7. The molecule has 2 fully saturated rings. The van der Waals surface area contributed by atoms with Crippen molar-refractivity contribution in [1.29, 1.82) is 5.41 Å². The van der Waals surface area contributed by atoms with Crippen LogP contribution in [0.5, 0.6) is 0 Å². The lowest BCUT2D eigenvalue weighted by Gasteiger charge is -2.35. The van der Waals surface area contributed by atoms with Gasteiger partial charge in [-0.2, -0.15) is 19.0 Å². The zero-order valence-electron chi connectivity index (χ0n) is 27.8. The summed E-state index contributed by atoms with van der Waals surface area (Å²) in [4.78, 5) is 32.1. The topological polar surface area (TPSA) is 143 Å². The second kappa shape index (κ2) is 13.4. The highest BCUT2D eigenvalue weighted by atomic mass is 35.5. The third-order valence-corrected chi connectivity index (χ3v) is 8.94. The predicted octanol–water partition coefficient (Wildman–Crippen LogP) is 6.99. The molecular formula is C33H32ClF6N9O3. The van der Waals surface area contributed by atoms with Gasteiger partial charge in [0.1, 0.15) is 24.5 Å². The Balaban J connectivity index is 1.39. The summed E-state index contributed by atoms with van der Waals surface area (Å²) in [6.07, 6.45) is -1.31. The van der Waals surface area contributed by atoms with Crippen LogP contribution < -0.4 is 10.6 Å². The van der Waals surface area contributed by atoms with Gasteiger partial charge in [0.15, 0.2) is 11.8 Å². The predicted molar refractivity (Wildman–Crippen MR) is 174 cm³/mol. The van der Waals surface area contributed by atoms with Gasteiger partial charge in [-0.3, -0.25) is 15.1 Å². The van der Waals surface area contributed by atoms with Crippen molar-refractivity contribution in [2.75, 3.05) is 6.61 Å². The van der Waals surface area contributed by atoms with Gasteiger partial charge in [0.25, 0.3) is 18.3 Å². The molecule has 19 heteroatoms. The molecule has 0 spiro atoms. The van der Waals surface area contributed by atoms with Crippen LogP contribution in [0.25, 0.3) is 16.8 Å². The summed E-state index contributed by atoms with van der Waals surface area (Å²) in [7, 11) is 0. The van der Waals surface area contributed by atoms with Crippen LogP contribution in [0.1, 0.15) is 69.6 Å². The van der Waals surface area contributed by atoms with E-state index in [-0.39, 0.29) is 22.7 Å². The van der Waals surface area contributed by atoms with Crippen molar-refractivity contribution >= 4 is 29.6 Å². The highest BCUT2D eigenvalue weighted by Crippen LogP contribution is 2.44. The van der Waals surface area contributed by atoms with Crippen molar-refractivity contribution in [2.45, 2.75) is 70.1 Å². The molecule has 3 atom stereocenters. The molecule has 6 rings (SSSR count). The molecule has 1 unspecified atom stereocenters. The van der Waals surface area contributed by atoms with Gasteiger partial charge in [-0.05, 0) is 40.7 Å². The Morgan fingerprint density at radius 1 is 1.12 bits per heavy atom. The zero-order valence-corrected chi connectivity index (χ0v) is 28.5. The normalized spacial score (nSPS) is 20.4. The number of nitrogens with zero attached hydrogens (tertiary/aromatic N) is 6. The average molecular weight is 752 g/mol. The number of guanidine groups is 1. The number of halogens is 7. The van der Waals surface area contributed by atoms with E-state index in [1.807, 2.05) is 20.8 Å². The lowest BCUT2D eigenvalue weighted by Crippen LogP contribution is -2.47. The standard InChI is InChI=1S/C33H32ClF6N9O3/c1-31(2,3)15-32(20-7-4-17(5-8-20)19-12-43-47(13-19)28(37)38)27(50)48(29(41)46-32)23(14-52-30(51)45-24-11-33(24,39)40)18-6-9-21(34)22(10-18)49-26(25(35)36)42-16-44-49/h4-10,12-13,16,23-25,28H,11,14-15H2,1-3H3,(H2,41,46)(H,45,51)/t23-,24+,32?/m1/s1. The van der Waals surface area contributed by atoms with Crippen molar-refractivity contribution in [3.8, 4) is 16.8 Å². The third kappa shape index (κ3) is 7.15. The SMILES string of the molecule is CC(C)(C)CC1(c2ccc(-c3cnn(C(F)F)c3)cc2)NC(=N)N([C@H](COC(=O)N[C@H]2CC2(F)F)c2ccc(Cl)c(-n3ncnc3C(F)F)c2)C1=O. The number of alkyl carbamates (subject to hydrolysis) is 1. The fourth-order valence-corrected chi connectivity index (χ4v) is 6.38. The molecule has 0 radical (unpaired) electrons. The van der Waals surface area contributed by atoms with E-state index < -0.39 is 78.7 Å². The number of ether oxygens (including phenoxy) is 1. The van der Waals surface area contributed by atoms with Gasteiger partial charge in [-0.15, -0.1) is 0 Å². The Morgan fingerprint density at radius 2 is 1.81 bits per heavy atom. The summed E-state index contributed by atoms with van der Waals surface area (Å²) in [5, 5.41) is 21.6. The molecule has 4 aromatic rings. The molecule has 3 heterocycles. The summed E-state index contributed by atoms with van der Waals surface area (Å²) in [6.45, 7) is 2.15. The number of hydrogen-bond acceptors (Lipinski definition) is 7. The summed E-state index contributed by atoms with van der Waals surface area (Å²) < 4.78 is 87.6. The van der Waals surface area contributed by atoms with E-state index in [0.717, 1.165) is 15.9 Å². The molecule has 52 heavy (non-hydrogen) atoms. The largest absolute Gasteiger partial charge is 0.447 e. The van der Waals surface area contributed by atoms with Crippen LogP contribution in [0, 0.1) is 10.8 Å². The summed E-state index contributed by atoms with van der Waals surface area (Å²) in [5.74, 6) is -4.88. The Bertz CT molecular complexity index is 2000. The van der Waals surface area contributed by atoms with Crippen molar-refractivity contribution in [2.24, 2.45) is 5.41 Å². The molecule has 2 amide bonds. The highest BCUT2D eigenvalue weighted by molar-refractivity contribution is 6.32. The Morgan fingerprint density at radius 3 is 2.40 bits per heavy atom. The molecule has 2 aromatic heterocycles. The van der Waals surface area contributed by atoms with E-state index in [2.05, 4.69) is 25.8 Å². The summed E-state index contributed by atoms with van der Waals surface area (Å²) >= 11 is 6.40. The number of carbonyl (C=O) groups is 2. The monoisotopic (exact) mass is 751 g/mol. The number of nitrogens with one attached hydrogen (secondary N) is 3. The number of aromatic nitrogens is 5. The maximum Gasteiger partial charge on any atom is 0.407 e. The molecule has 1 saturated carbocycles. The molecule has 1 aliphatic heterocycles. The first kappa shape index (κ1) is 36.7. The Kier molecular flexibility index (Phi) is 9.48. The van der Waals surface area contributed by atoms with Crippen molar-refractivity contribution in [3.63, 3.8) is 0 Å². The molecule has 2 aromatic carbocycles. The average Bonchev–Trinajstić information content (AvgIpc) is 3.53. The first-order valence-electron chi connectivity index (χ1n) is 15.8. The molecule has 1 aliphatic carbocycles. The van der Waals surface area contributed by atoms with E-state index in [0.29, 0.717) is 21.4 Å². The van der Waals surface area contributed by atoms with Crippen LogP contribution in [0.15, 0.2) is 61.2 Å². The van der Waals surface area contributed by atoms with Crippen LogP contribution in [-0.4, -0.2) is 66.0 Å². The van der Waals surface area contributed by atoms with Crippen LogP contribution >= 0.6 is 11.6 Å². The van der Waals surface area contributed by atoms with Crippen LogP contribution in [0.2, 0.25) is 5.02 Å². The van der Waals surface area contributed by atoms with Gasteiger partial charge < -0.3 is 15.4 Å². The Labute approximate surface area is 297 Å². The second-order valence-electron chi connectivity index (χ2n) is 13.7. The van der Waals surface area contributed by atoms with Crippen molar-refractivity contribution in [3.05, 3.63) is 83.2 Å². The van der Waals surface area contributed by atoms with Gasteiger partial charge in [0.2, 0.25) is 0 Å². The van der Waals surface area contributed by atoms with E-state index in [9.17, 15) is 35.9 Å². The van der Waals surface area contributed by atoms with E-state index in [1.54, 1.807) is 24.3 Å². The number of carbonyl (C=O) groups excluding carboxylic acids is 2. The van der Waals surface area contributed by atoms with Gasteiger partial charge in [0, 0.05) is 18.2 Å². The van der Waals surface area contributed by atoms with Crippen LogP contribution in [-0.2, 0) is 15.1 Å². The molecule has 2 aliphatic rings. The lowest BCUT2D eigenvalue weighted by atomic mass is 9.75. The summed E-state index contributed by atoms with van der Waals surface area (Å²) in [6, 6.07) is 7.84. The molecule has 3 N–H and O–H groups in total. The smallest absolute Gasteiger partial charge is 0.407 e. The van der Waals surface area contributed by atoms with Gasteiger partial charge in [-0.25, -0.2) is 36.7 Å². The number of hydrogen-bond donors (Lipinski definition) is 3. The minimum absolute atomic E-state index is 0.0215. The van der Waals surface area contributed by atoms with Crippen molar-refractivity contribution in [1.82, 2.24) is 40.1 Å². The number of alkyl halides is 6. The highest BCUT2D eigenvalue weighted by Gasteiger charge is 2.58.